The van der Waals surface area contributed by atoms with Crippen LogP contribution in [0, 0.1) is 0 Å². The van der Waals surface area contributed by atoms with Crippen molar-refractivity contribution in [1.29, 1.82) is 0 Å². The zero-order chi connectivity index (χ0) is 15.1. The Balaban J connectivity index is 2.16. The van der Waals surface area contributed by atoms with E-state index in [9.17, 15) is 0 Å². The highest BCUT2D eigenvalue weighted by Gasteiger charge is 2.04. The van der Waals surface area contributed by atoms with Gasteiger partial charge in [-0.3, -0.25) is 0 Å². The number of pyridine rings is 1. The van der Waals surface area contributed by atoms with Crippen molar-refractivity contribution < 1.29 is 4.74 Å². The van der Waals surface area contributed by atoms with Crippen LogP contribution in [0.15, 0.2) is 36.4 Å². The van der Waals surface area contributed by atoms with Gasteiger partial charge in [-0.25, -0.2) is 4.98 Å². The highest BCUT2D eigenvalue weighted by molar-refractivity contribution is 5.33. The number of hydrogen-bond donors (Lipinski definition) is 1. The van der Waals surface area contributed by atoms with Crippen LogP contribution in [0.1, 0.15) is 37.6 Å². The van der Waals surface area contributed by atoms with Gasteiger partial charge in [0.05, 0.1) is 0 Å². The lowest BCUT2D eigenvalue weighted by atomic mass is 10.2. The smallest absolute Gasteiger partial charge is 0.219 e. The molecule has 0 bridgehead atoms. The molecular weight excluding hydrogens is 260 g/mol. The normalized spacial score (nSPS) is 10.6. The summed E-state index contributed by atoms with van der Waals surface area (Å²) < 4.78 is 5.90. The first-order valence-corrected chi connectivity index (χ1v) is 7.72. The molecule has 2 rings (SSSR count). The van der Waals surface area contributed by atoms with Crippen LogP contribution in [0.2, 0.25) is 0 Å². The maximum Gasteiger partial charge on any atom is 0.219 e. The van der Waals surface area contributed by atoms with Crippen LogP contribution in [0.4, 0.5) is 0 Å². The van der Waals surface area contributed by atoms with E-state index in [1.807, 2.05) is 18.2 Å². The first kappa shape index (κ1) is 15.5. The number of benzene rings is 1. The zero-order valence-corrected chi connectivity index (χ0v) is 13.1. The van der Waals surface area contributed by atoms with Crippen LogP contribution in [-0.4, -0.2) is 11.5 Å². The number of aryl methyl sites for hydroxylation is 2. The van der Waals surface area contributed by atoms with Crippen molar-refractivity contribution in [1.82, 2.24) is 10.3 Å². The molecule has 0 amide bonds. The number of nitrogens with zero attached hydrogens (tertiary/aromatic N) is 1. The van der Waals surface area contributed by atoms with Crippen molar-refractivity contribution >= 4 is 0 Å². The lowest BCUT2D eigenvalue weighted by molar-refractivity contribution is 0.459. The second kappa shape index (κ2) is 7.79. The van der Waals surface area contributed by atoms with Gasteiger partial charge in [0.2, 0.25) is 5.88 Å². The molecule has 0 atom stereocenters. The SMILES string of the molecule is CCNCc1cc(CC)nc(Oc2ccc(CC)cc2)c1. The van der Waals surface area contributed by atoms with Crippen LogP contribution in [0.25, 0.3) is 0 Å². The Morgan fingerprint density at radius 3 is 2.33 bits per heavy atom. The fraction of sp³-hybridized carbons (Fsp3) is 0.389. The second-order valence-corrected chi connectivity index (χ2v) is 5.04. The maximum absolute atomic E-state index is 5.90. The van der Waals surface area contributed by atoms with Crippen LogP contribution in [0.5, 0.6) is 11.6 Å². The zero-order valence-electron chi connectivity index (χ0n) is 13.1. The Kier molecular flexibility index (Phi) is 5.76. The van der Waals surface area contributed by atoms with E-state index in [2.05, 4.69) is 49.3 Å². The molecule has 21 heavy (non-hydrogen) atoms. The summed E-state index contributed by atoms with van der Waals surface area (Å²) in [5, 5.41) is 3.34. The summed E-state index contributed by atoms with van der Waals surface area (Å²) in [6.45, 7) is 8.17. The standard InChI is InChI=1S/C18H24N2O/c1-4-14-7-9-17(10-8-14)21-18-12-15(13-19-6-3)11-16(5-2)20-18/h7-12,19H,4-6,13H2,1-3H3. The van der Waals surface area contributed by atoms with E-state index < -0.39 is 0 Å². The van der Waals surface area contributed by atoms with Crippen LogP contribution in [0.3, 0.4) is 0 Å². The topological polar surface area (TPSA) is 34.2 Å². The van der Waals surface area contributed by atoms with E-state index in [1.54, 1.807) is 0 Å². The molecule has 0 aliphatic heterocycles. The summed E-state index contributed by atoms with van der Waals surface area (Å²) in [7, 11) is 0. The summed E-state index contributed by atoms with van der Waals surface area (Å²) >= 11 is 0. The summed E-state index contributed by atoms with van der Waals surface area (Å²) in [4.78, 5) is 4.55. The van der Waals surface area contributed by atoms with E-state index in [4.69, 9.17) is 4.74 Å². The largest absolute Gasteiger partial charge is 0.439 e. The van der Waals surface area contributed by atoms with E-state index >= 15 is 0 Å². The third-order valence-electron chi connectivity index (χ3n) is 3.41. The maximum atomic E-state index is 5.90. The Morgan fingerprint density at radius 2 is 1.71 bits per heavy atom. The van der Waals surface area contributed by atoms with Crippen molar-refractivity contribution in [3.8, 4) is 11.6 Å². The molecule has 3 heteroatoms. The van der Waals surface area contributed by atoms with Gasteiger partial charge in [-0.15, -0.1) is 0 Å². The lowest BCUT2D eigenvalue weighted by Crippen LogP contribution is -2.12. The lowest BCUT2D eigenvalue weighted by Gasteiger charge is -2.10. The van der Waals surface area contributed by atoms with Gasteiger partial charge in [0.1, 0.15) is 5.75 Å². The molecular formula is C18H24N2O. The van der Waals surface area contributed by atoms with Gasteiger partial charge in [-0.05, 0) is 48.7 Å². The van der Waals surface area contributed by atoms with Gasteiger partial charge in [-0.2, -0.15) is 0 Å². The molecule has 1 aromatic heterocycles. The summed E-state index contributed by atoms with van der Waals surface area (Å²) in [6.07, 6.45) is 1.95. The van der Waals surface area contributed by atoms with E-state index in [0.717, 1.165) is 37.4 Å². The van der Waals surface area contributed by atoms with E-state index in [-0.39, 0.29) is 0 Å². The van der Waals surface area contributed by atoms with Gasteiger partial charge in [0.15, 0.2) is 0 Å². The van der Waals surface area contributed by atoms with Crippen molar-refractivity contribution in [3.63, 3.8) is 0 Å². The number of ether oxygens (including phenoxy) is 1. The molecule has 0 unspecified atom stereocenters. The van der Waals surface area contributed by atoms with Gasteiger partial charge >= 0.3 is 0 Å². The number of nitrogens with one attached hydrogen (secondary N) is 1. The molecule has 0 aliphatic rings. The van der Waals surface area contributed by atoms with Gasteiger partial charge in [0.25, 0.3) is 0 Å². The summed E-state index contributed by atoms with van der Waals surface area (Å²) in [6, 6.07) is 12.3. The minimum absolute atomic E-state index is 0.673. The minimum atomic E-state index is 0.673. The predicted molar refractivity (Wildman–Crippen MR) is 86.9 cm³/mol. The average molecular weight is 284 g/mol. The quantitative estimate of drug-likeness (QED) is 0.831. The van der Waals surface area contributed by atoms with E-state index in [0.29, 0.717) is 5.88 Å². The highest BCUT2D eigenvalue weighted by atomic mass is 16.5. The number of aromatic nitrogens is 1. The van der Waals surface area contributed by atoms with Crippen molar-refractivity contribution in [2.24, 2.45) is 0 Å². The molecule has 1 N–H and O–H groups in total. The molecule has 0 fully saturated rings. The Labute approximate surface area is 127 Å². The Morgan fingerprint density at radius 1 is 0.952 bits per heavy atom. The molecule has 0 radical (unpaired) electrons. The third-order valence-corrected chi connectivity index (χ3v) is 3.41. The second-order valence-electron chi connectivity index (χ2n) is 5.04. The minimum Gasteiger partial charge on any atom is -0.439 e. The summed E-state index contributed by atoms with van der Waals surface area (Å²) in [5.74, 6) is 1.51. The molecule has 1 heterocycles. The van der Waals surface area contributed by atoms with Crippen molar-refractivity contribution in [2.45, 2.75) is 40.2 Å². The van der Waals surface area contributed by atoms with Gasteiger partial charge < -0.3 is 10.1 Å². The molecule has 3 nitrogen and oxygen atoms in total. The predicted octanol–water partition coefficient (Wildman–Crippen LogP) is 4.11. The Hall–Kier alpha value is -1.87. The monoisotopic (exact) mass is 284 g/mol. The van der Waals surface area contributed by atoms with Gasteiger partial charge in [-0.1, -0.05) is 32.9 Å². The van der Waals surface area contributed by atoms with Crippen LogP contribution >= 0.6 is 0 Å². The fourth-order valence-corrected chi connectivity index (χ4v) is 2.14. The number of rotatable bonds is 7. The molecule has 0 saturated heterocycles. The highest BCUT2D eigenvalue weighted by Crippen LogP contribution is 2.22. The molecule has 0 aliphatic carbocycles. The van der Waals surface area contributed by atoms with Crippen LogP contribution in [-0.2, 0) is 19.4 Å². The molecule has 112 valence electrons. The first-order valence-electron chi connectivity index (χ1n) is 7.72. The van der Waals surface area contributed by atoms with Crippen molar-refractivity contribution in [3.05, 3.63) is 53.2 Å². The number of hydrogen-bond acceptors (Lipinski definition) is 3. The Bertz CT molecular complexity index is 564. The molecule has 1 aromatic carbocycles. The summed E-state index contributed by atoms with van der Waals surface area (Å²) in [5.41, 5.74) is 3.58. The molecule has 0 saturated carbocycles. The molecule has 0 spiro atoms. The van der Waals surface area contributed by atoms with Crippen molar-refractivity contribution in [2.75, 3.05) is 6.54 Å². The van der Waals surface area contributed by atoms with Gasteiger partial charge in [0, 0.05) is 18.3 Å². The third kappa shape index (κ3) is 4.57. The van der Waals surface area contributed by atoms with E-state index in [1.165, 1.54) is 11.1 Å². The average Bonchev–Trinajstić information content (AvgIpc) is 2.53. The fourth-order valence-electron chi connectivity index (χ4n) is 2.14. The van der Waals surface area contributed by atoms with Crippen LogP contribution < -0.4 is 10.1 Å². The first-order chi connectivity index (χ1) is 10.2. The molecule has 2 aromatic rings.